The van der Waals surface area contributed by atoms with E-state index in [1.807, 2.05) is 13.0 Å². The van der Waals surface area contributed by atoms with Crippen LogP contribution in [0.2, 0.25) is 5.02 Å². The molecule has 0 aromatic heterocycles. The predicted molar refractivity (Wildman–Crippen MR) is 64.9 cm³/mol. The number of nitriles is 1. The van der Waals surface area contributed by atoms with Crippen molar-refractivity contribution >= 4 is 17.5 Å². The Morgan fingerprint density at radius 2 is 2.35 bits per heavy atom. The van der Waals surface area contributed by atoms with Crippen molar-refractivity contribution in [2.24, 2.45) is 0 Å². The van der Waals surface area contributed by atoms with Crippen LogP contribution in [-0.4, -0.2) is 17.1 Å². The molecule has 0 radical (unpaired) electrons. The fraction of sp³-hybridized carbons (Fsp3) is 0.333. The number of nitrogens with zero attached hydrogens (tertiary/aromatic N) is 1. The molecule has 1 amide bonds. The molecule has 1 aromatic carbocycles. The third-order valence-corrected chi connectivity index (χ3v) is 2.60. The van der Waals surface area contributed by atoms with Gasteiger partial charge in [-0.2, -0.15) is 5.26 Å². The Balaban J connectivity index is 2.82. The Labute approximate surface area is 105 Å². The first-order valence-corrected chi connectivity index (χ1v) is 5.62. The number of rotatable bonds is 4. The summed E-state index contributed by atoms with van der Waals surface area (Å²) in [7, 11) is 0. The molecule has 0 heterocycles. The van der Waals surface area contributed by atoms with Gasteiger partial charge >= 0.3 is 0 Å². The summed E-state index contributed by atoms with van der Waals surface area (Å²) in [5.41, 5.74) is 0.119. The van der Waals surface area contributed by atoms with Gasteiger partial charge in [-0.25, -0.2) is 0 Å². The van der Waals surface area contributed by atoms with Crippen LogP contribution in [0.5, 0.6) is 5.75 Å². The Morgan fingerprint density at radius 1 is 1.65 bits per heavy atom. The topological polar surface area (TPSA) is 73.1 Å². The highest BCUT2D eigenvalue weighted by atomic mass is 35.5. The molecule has 1 unspecified atom stereocenters. The molecule has 1 aromatic rings. The van der Waals surface area contributed by atoms with Crippen molar-refractivity contribution in [2.75, 3.05) is 0 Å². The summed E-state index contributed by atoms with van der Waals surface area (Å²) in [6.45, 7) is 1.88. The lowest BCUT2D eigenvalue weighted by atomic mass is 10.1. The minimum Gasteiger partial charge on any atom is -0.507 e. The zero-order chi connectivity index (χ0) is 12.8. The average molecular weight is 253 g/mol. The molecule has 0 saturated carbocycles. The molecule has 5 heteroatoms. The van der Waals surface area contributed by atoms with Gasteiger partial charge in [0.25, 0.3) is 5.91 Å². The molecular formula is C12H13ClN2O2. The van der Waals surface area contributed by atoms with E-state index in [0.717, 1.165) is 0 Å². The van der Waals surface area contributed by atoms with Gasteiger partial charge in [0, 0.05) is 11.1 Å². The average Bonchev–Trinajstić information content (AvgIpc) is 2.31. The van der Waals surface area contributed by atoms with Crippen LogP contribution in [-0.2, 0) is 0 Å². The SMILES string of the molecule is CCC(CC#N)NC(=O)c1cc(Cl)ccc1O. The third-order valence-electron chi connectivity index (χ3n) is 2.37. The van der Waals surface area contributed by atoms with E-state index in [9.17, 15) is 9.90 Å². The lowest BCUT2D eigenvalue weighted by molar-refractivity contribution is 0.0934. The molecule has 0 bridgehead atoms. The first-order valence-electron chi connectivity index (χ1n) is 5.24. The van der Waals surface area contributed by atoms with Crippen LogP contribution in [0.15, 0.2) is 18.2 Å². The lowest BCUT2D eigenvalue weighted by Gasteiger charge is -2.14. The van der Waals surface area contributed by atoms with Crippen LogP contribution in [0.25, 0.3) is 0 Å². The van der Waals surface area contributed by atoms with Gasteiger partial charge in [-0.05, 0) is 24.6 Å². The number of halogens is 1. The van der Waals surface area contributed by atoms with Crippen molar-refractivity contribution in [3.05, 3.63) is 28.8 Å². The number of carbonyl (C=O) groups is 1. The number of amides is 1. The fourth-order valence-corrected chi connectivity index (χ4v) is 1.53. The number of phenols is 1. The molecule has 0 spiro atoms. The summed E-state index contributed by atoms with van der Waals surface area (Å²) in [4.78, 5) is 11.8. The second kappa shape index (κ2) is 6.12. The molecule has 1 rings (SSSR count). The van der Waals surface area contributed by atoms with Crippen molar-refractivity contribution in [3.63, 3.8) is 0 Å². The van der Waals surface area contributed by atoms with Crippen molar-refractivity contribution in [1.82, 2.24) is 5.32 Å². The van der Waals surface area contributed by atoms with Gasteiger partial charge in [0.05, 0.1) is 18.1 Å². The van der Waals surface area contributed by atoms with Gasteiger partial charge in [0.1, 0.15) is 5.75 Å². The van der Waals surface area contributed by atoms with E-state index >= 15 is 0 Å². The largest absolute Gasteiger partial charge is 0.507 e. The molecule has 0 saturated heterocycles. The molecular weight excluding hydrogens is 240 g/mol. The maximum Gasteiger partial charge on any atom is 0.255 e. The Hall–Kier alpha value is -1.73. The Bertz CT molecular complexity index is 454. The van der Waals surface area contributed by atoms with Gasteiger partial charge < -0.3 is 10.4 Å². The normalized spacial score (nSPS) is 11.6. The maximum absolute atomic E-state index is 11.8. The highest BCUT2D eigenvalue weighted by Crippen LogP contribution is 2.21. The van der Waals surface area contributed by atoms with Crippen molar-refractivity contribution < 1.29 is 9.90 Å². The van der Waals surface area contributed by atoms with E-state index in [1.165, 1.54) is 18.2 Å². The van der Waals surface area contributed by atoms with E-state index < -0.39 is 5.91 Å². The monoisotopic (exact) mass is 252 g/mol. The lowest BCUT2D eigenvalue weighted by Crippen LogP contribution is -2.34. The van der Waals surface area contributed by atoms with Gasteiger partial charge in [-0.3, -0.25) is 4.79 Å². The molecule has 0 aliphatic rings. The highest BCUT2D eigenvalue weighted by molar-refractivity contribution is 6.31. The van der Waals surface area contributed by atoms with Crippen LogP contribution < -0.4 is 5.32 Å². The molecule has 90 valence electrons. The maximum atomic E-state index is 11.8. The second-order valence-electron chi connectivity index (χ2n) is 3.60. The molecule has 4 nitrogen and oxygen atoms in total. The number of aromatic hydroxyl groups is 1. The van der Waals surface area contributed by atoms with Crippen LogP contribution in [0.4, 0.5) is 0 Å². The van der Waals surface area contributed by atoms with Crippen molar-refractivity contribution in [3.8, 4) is 11.8 Å². The van der Waals surface area contributed by atoms with Crippen LogP contribution in [0.1, 0.15) is 30.1 Å². The first kappa shape index (κ1) is 13.3. The van der Waals surface area contributed by atoms with Crippen LogP contribution >= 0.6 is 11.6 Å². The zero-order valence-corrected chi connectivity index (χ0v) is 10.2. The molecule has 0 aliphatic heterocycles. The Kier molecular flexibility index (Phi) is 4.80. The van der Waals surface area contributed by atoms with Crippen molar-refractivity contribution in [2.45, 2.75) is 25.8 Å². The van der Waals surface area contributed by atoms with E-state index in [2.05, 4.69) is 5.32 Å². The molecule has 0 fully saturated rings. The van der Waals surface area contributed by atoms with E-state index in [4.69, 9.17) is 16.9 Å². The van der Waals surface area contributed by atoms with Gasteiger partial charge in [0.2, 0.25) is 0 Å². The first-order chi connectivity index (χ1) is 8.08. The number of phenolic OH excluding ortho intramolecular Hbond substituents is 1. The summed E-state index contributed by atoms with van der Waals surface area (Å²) in [6.07, 6.45) is 0.893. The fourth-order valence-electron chi connectivity index (χ4n) is 1.36. The van der Waals surface area contributed by atoms with E-state index in [-0.39, 0.29) is 23.8 Å². The molecule has 2 N–H and O–H groups in total. The van der Waals surface area contributed by atoms with Crippen LogP contribution in [0.3, 0.4) is 0 Å². The van der Waals surface area contributed by atoms with Gasteiger partial charge in [0.15, 0.2) is 0 Å². The summed E-state index contributed by atoms with van der Waals surface area (Å²) in [6, 6.07) is 6.04. The third kappa shape index (κ3) is 3.65. The second-order valence-corrected chi connectivity index (χ2v) is 4.04. The summed E-state index contributed by atoms with van der Waals surface area (Å²) in [5.74, 6) is -0.550. The molecule has 0 aliphatic carbocycles. The Morgan fingerprint density at radius 3 is 2.94 bits per heavy atom. The molecule has 1 atom stereocenters. The standard InChI is InChI=1S/C12H13ClN2O2/c1-2-9(5-6-14)15-12(17)10-7-8(13)3-4-11(10)16/h3-4,7,9,16H,2,5H2,1H3,(H,15,17). The quantitative estimate of drug-likeness (QED) is 0.865. The zero-order valence-electron chi connectivity index (χ0n) is 9.40. The minimum absolute atomic E-state index is 0.119. The summed E-state index contributed by atoms with van der Waals surface area (Å²) in [5, 5.41) is 21.2. The van der Waals surface area contributed by atoms with E-state index in [1.54, 1.807) is 0 Å². The number of hydrogen-bond donors (Lipinski definition) is 2. The number of nitrogens with one attached hydrogen (secondary N) is 1. The summed E-state index contributed by atoms with van der Waals surface area (Å²) >= 11 is 5.75. The highest BCUT2D eigenvalue weighted by Gasteiger charge is 2.15. The summed E-state index contributed by atoms with van der Waals surface area (Å²) < 4.78 is 0. The van der Waals surface area contributed by atoms with Gasteiger partial charge in [-0.15, -0.1) is 0 Å². The predicted octanol–water partition coefficient (Wildman–Crippen LogP) is 2.47. The minimum atomic E-state index is -0.424. The van der Waals surface area contributed by atoms with Gasteiger partial charge in [-0.1, -0.05) is 18.5 Å². The van der Waals surface area contributed by atoms with Crippen molar-refractivity contribution in [1.29, 1.82) is 5.26 Å². The smallest absolute Gasteiger partial charge is 0.255 e. The van der Waals surface area contributed by atoms with E-state index in [0.29, 0.717) is 11.4 Å². The van der Waals surface area contributed by atoms with Crippen LogP contribution in [0, 0.1) is 11.3 Å². The number of benzene rings is 1. The number of carbonyl (C=O) groups excluding carboxylic acids is 1. The number of hydrogen-bond acceptors (Lipinski definition) is 3. The molecule has 17 heavy (non-hydrogen) atoms.